The quantitative estimate of drug-likeness (QED) is 0.496. The molecule has 1 unspecified atom stereocenters. The summed E-state index contributed by atoms with van der Waals surface area (Å²) in [6.45, 7) is 4.28. The second-order valence-electron chi connectivity index (χ2n) is 3.49. The van der Waals surface area contributed by atoms with Gasteiger partial charge in [-0.3, -0.25) is 0 Å². The Morgan fingerprint density at radius 3 is 3.00 bits per heavy atom. The zero-order valence-electron chi connectivity index (χ0n) is 7.81. The van der Waals surface area contributed by atoms with Gasteiger partial charge < -0.3 is 16.4 Å². The van der Waals surface area contributed by atoms with Crippen LogP contribution in [0.4, 0.5) is 0 Å². The van der Waals surface area contributed by atoms with Crippen LogP contribution in [0.3, 0.4) is 0 Å². The van der Waals surface area contributed by atoms with Crippen molar-refractivity contribution in [3.63, 3.8) is 0 Å². The zero-order valence-corrected chi connectivity index (χ0v) is 7.81. The van der Waals surface area contributed by atoms with Crippen LogP contribution in [-0.2, 0) is 0 Å². The van der Waals surface area contributed by atoms with Crippen LogP contribution in [0.15, 0.2) is 0 Å². The van der Waals surface area contributed by atoms with Gasteiger partial charge in [-0.2, -0.15) is 0 Å². The Balaban J connectivity index is 1.81. The molecular weight excluding hydrogens is 150 g/mol. The average molecular weight is 171 g/mol. The first-order valence-corrected chi connectivity index (χ1v) is 5.07. The molecule has 0 radical (unpaired) electrons. The van der Waals surface area contributed by atoms with Crippen molar-refractivity contribution >= 4 is 0 Å². The van der Waals surface area contributed by atoms with E-state index in [1.807, 2.05) is 0 Å². The number of hydrogen-bond donors (Lipinski definition) is 3. The molecule has 3 nitrogen and oxygen atoms in total. The van der Waals surface area contributed by atoms with Gasteiger partial charge in [-0.05, 0) is 45.3 Å². The summed E-state index contributed by atoms with van der Waals surface area (Å²) in [4.78, 5) is 0. The maximum absolute atomic E-state index is 5.39. The molecule has 0 bridgehead atoms. The second kappa shape index (κ2) is 6.40. The molecule has 72 valence electrons. The SMILES string of the molecule is NCCCCNCC1CCCN1. The molecule has 0 aromatic heterocycles. The lowest BCUT2D eigenvalue weighted by molar-refractivity contribution is 0.525. The molecule has 1 heterocycles. The highest BCUT2D eigenvalue weighted by Gasteiger charge is 2.12. The molecule has 0 aromatic carbocycles. The number of nitrogens with one attached hydrogen (secondary N) is 2. The smallest absolute Gasteiger partial charge is 0.0192 e. The second-order valence-corrected chi connectivity index (χ2v) is 3.49. The fraction of sp³-hybridized carbons (Fsp3) is 1.00. The van der Waals surface area contributed by atoms with Gasteiger partial charge in [-0.15, -0.1) is 0 Å². The normalized spacial score (nSPS) is 23.2. The van der Waals surface area contributed by atoms with Gasteiger partial charge in [0.1, 0.15) is 0 Å². The van der Waals surface area contributed by atoms with Crippen LogP contribution in [0.1, 0.15) is 25.7 Å². The van der Waals surface area contributed by atoms with Gasteiger partial charge in [0.05, 0.1) is 0 Å². The van der Waals surface area contributed by atoms with Crippen molar-refractivity contribution in [2.45, 2.75) is 31.7 Å². The average Bonchev–Trinajstić information content (AvgIpc) is 2.57. The van der Waals surface area contributed by atoms with E-state index in [1.54, 1.807) is 0 Å². The Hall–Kier alpha value is -0.120. The molecule has 0 aliphatic carbocycles. The number of nitrogens with two attached hydrogens (primary N) is 1. The first-order valence-electron chi connectivity index (χ1n) is 5.07. The topological polar surface area (TPSA) is 50.1 Å². The molecule has 0 spiro atoms. The minimum absolute atomic E-state index is 0.725. The van der Waals surface area contributed by atoms with Crippen LogP contribution in [0.5, 0.6) is 0 Å². The van der Waals surface area contributed by atoms with Gasteiger partial charge in [0.15, 0.2) is 0 Å². The fourth-order valence-electron chi connectivity index (χ4n) is 1.60. The largest absolute Gasteiger partial charge is 0.330 e. The molecule has 1 saturated heterocycles. The van der Waals surface area contributed by atoms with Crippen molar-refractivity contribution in [3.8, 4) is 0 Å². The van der Waals surface area contributed by atoms with E-state index in [2.05, 4.69) is 10.6 Å². The predicted molar refractivity (Wildman–Crippen MR) is 52.2 cm³/mol. The number of hydrogen-bond acceptors (Lipinski definition) is 3. The molecule has 1 aliphatic heterocycles. The van der Waals surface area contributed by atoms with E-state index in [-0.39, 0.29) is 0 Å². The van der Waals surface area contributed by atoms with Crippen LogP contribution >= 0.6 is 0 Å². The maximum Gasteiger partial charge on any atom is 0.0192 e. The minimum Gasteiger partial charge on any atom is -0.330 e. The monoisotopic (exact) mass is 171 g/mol. The van der Waals surface area contributed by atoms with Gasteiger partial charge in [-0.1, -0.05) is 0 Å². The summed E-state index contributed by atoms with van der Waals surface area (Å²) >= 11 is 0. The highest BCUT2D eigenvalue weighted by atomic mass is 15.0. The summed E-state index contributed by atoms with van der Waals surface area (Å²) < 4.78 is 0. The Kier molecular flexibility index (Phi) is 5.32. The molecule has 4 N–H and O–H groups in total. The van der Waals surface area contributed by atoms with Crippen LogP contribution in [0, 0.1) is 0 Å². The van der Waals surface area contributed by atoms with Crippen LogP contribution in [0.2, 0.25) is 0 Å². The Labute approximate surface area is 75.1 Å². The molecule has 3 heteroatoms. The summed E-state index contributed by atoms with van der Waals surface area (Å²) in [5.74, 6) is 0. The lowest BCUT2D eigenvalue weighted by Crippen LogP contribution is -2.34. The van der Waals surface area contributed by atoms with Crippen molar-refractivity contribution in [2.75, 3.05) is 26.2 Å². The van der Waals surface area contributed by atoms with Crippen molar-refractivity contribution < 1.29 is 0 Å². The molecule has 1 rings (SSSR count). The third kappa shape index (κ3) is 4.04. The van der Waals surface area contributed by atoms with E-state index in [0.717, 1.165) is 32.1 Å². The van der Waals surface area contributed by atoms with Gasteiger partial charge in [-0.25, -0.2) is 0 Å². The first kappa shape index (κ1) is 9.96. The summed E-state index contributed by atoms with van der Waals surface area (Å²) in [6.07, 6.45) is 5.04. The first-order chi connectivity index (χ1) is 5.93. The molecule has 1 atom stereocenters. The molecule has 12 heavy (non-hydrogen) atoms. The van der Waals surface area contributed by atoms with E-state index in [4.69, 9.17) is 5.73 Å². The van der Waals surface area contributed by atoms with E-state index in [0.29, 0.717) is 0 Å². The van der Waals surface area contributed by atoms with Crippen molar-refractivity contribution in [1.29, 1.82) is 0 Å². The van der Waals surface area contributed by atoms with E-state index >= 15 is 0 Å². The standard InChI is InChI=1S/C9H21N3/c10-5-1-2-6-11-8-9-4-3-7-12-9/h9,11-12H,1-8,10H2. The number of unbranched alkanes of at least 4 members (excludes halogenated alkanes) is 1. The maximum atomic E-state index is 5.39. The Morgan fingerprint density at radius 1 is 1.42 bits per heavy atom. The fourth-order valence-corrected chi connectivity index (χ4v) is 1.60. The predicted octanol–water partition coefficient (Wildman–Crippen LogP) is 0.0669. The third-order valence-corrected chi connectivity index (χ3v) is 2.36. The van der Waals surface area contributed by atoms with Crippen molar-refractivity contribution in [2.24, 2.45) is 5.73 Å². The molecule has 0 saturated carbocycles. The number of rotatable bonds is 6. The summed E-state index contributed by atoms with van der Waals surface area (Å²) in [6, 6.07) is 0.725. The Morgan fingerprint density at radius 2 is 2.33 bits per heavy atom. The summed E-state index contributed by atoms with van der Waals surface area (Å²) in [7, 11) is 0. The van der Waals surface area contributed by atoms with Crippen molar-refractivity contribution in [1.82, 2.24) is 10.6 Å². The Bertz CT molecular complexity index is 99.9. The highest BCUT2D eigenvalue weighted by molar-refractivity contribution is 4.75. The molecule has 0 amide bonds. The van der Waals surface area contributed by atoms with Crippen molar-refractivity contribution in [3.05, 3.63) is 0 Å². The summed E-state index contributed by atoms with van der Waals surface area (Å²) in [5.41, 5.74) is 5.39. The van der Waals surface area contributed by atoms with Gasteiger partial charge in [0.25, 0.3) is 0 Å². The van der Waals surface area contributed by atoms with E-state index < -0.39 is 0 Å². The van der Waals surface area contributed by atoms with Gasteiger partial charge >= 0.3 is 0 Å². The zero-order chi connectivity index (χ0) is 8.65. The summed E-state index contributed by atoms with van der Waals surface area (Å²) in [5, 5.41) is 6.90. The molecular formula is C9H21N3. The van der Waals surface area contributed by atoms with Crippen LogP contribution < -0.4 is 16.4 Å². The van der Waals surface area contributed by atoms with E-state index in [9.17, 15) is 0 Å². The van der Waals surface area contributed by atoms with Crippen LogP contribution in [0.25, 0.3) is 0 Å². The van der Waals surface area contributed by atoms with E-state index in [1.165, 1.54) is 25.8 Å². The van der Waals surface area contributed by atoms with Crippen LogP contribution in [-0.4, -0.2) is 32.2 Å². The highest BCUT2D eigenvalue weighted by Crippen LogP contribution is 2.02. The third-order valence-electron chi connectivity index (χ3n) is 2.36. The molecule has 0 aromatic rings. The lowest BCUT2D eigenvalue weighted by Gasteiger charge is -2.10. The molecule has 1 fully saturated rings. The van der Waals surface area contributed by atoms with Gasteiger partial charge in [0.2, 0.25) is 0 Å². The minimum atomic E-state index is 0.725. The lowest BCUT2D eigenvalue weighted by atomic mass is 10.2. The van der Waals surface area contributed by atoms with Gasteiger partial charge in [0, 0.05) is 12.6 Å². The molecule has 1 aliphatic rings.